The van der Waals surface area contributed by atoms with Crippen LogP contribution < -0.4 is 4.74 Å². The maximum atomic E-state index is 12.8. The van der Waals surface area contributed by atoms with Gasteiger partial charge in [0.25, 0.3) is 0 Å². The number of hydrogen-bond donors (Lipinski definition) is 0. The first-order chi connectivity index (χ1) is 10.2. The molecule has 1 aliphatic carbocycles. The number of nitrogens with zero attached hydrogens (tertiary/aromatic N) is 3. The first-order valence-corrected chi connectivity index (χ1v) is 8.14. The van der Waals surface area contributed by atoms with Gasteiger partial charge in [-0.1, -0.05) is 11.5 Å². The summed E-state index contributed by atoms with van der Waals surface area (Å²) in [5.74, 6) is 1.23. The Hall–Kier alpha value is -1.76. The SMILES string of the molecule is COc1ccnc2c1CCCCC2S(=O)c1nnc(C)o1. The van der Waals surface area contributed by atoms with E-state index in [4.69, 9.17) is 9.15 Å². The number of hydrogen-bond acceptors (Lipinski definition) is 6. The highest BCUT2D eigenvalue weighted by molar-refractivity contribution is 7.85. The Morgan fingerprint density at radius 1 is 1.38 bits per heavy atom. The molecule has 0 aromatic carbocycles. The molecule has 2 aromatic rings. The molecule has 2 aromatic heterocycles. The molecule has 2 unspecified atom stereocenters. The van der Waals surface area contributed by atoms with E-state index in [1.165, 1.54) is 0 Å². The van der Waals surface area contributed by atoms with Crippen LogP contribution in [0.25, 0.3) is 0 Å². The van der Waals surface area contributed by atoms with Gasteiger partial charge in [0.15, 0.2) is 0 Å². The third kappa shape index (κ3) is 2.70. The lowest BCUT2D eigenvalue weighted by Gasteiger charge is -2.15. The quantitative estimate of drug-likeness (QED) is 0.810. The average Bonchev–Trinajstić information content (AvgIpc) is 2.81. The highest BCUT2D eigenvalue weighted by Gasteiger charge is 2.30. The summed E-state index contributed by atoms with van der Waals surface area (Å²) in [4.78, 5) is 4.46. The summed E-state index contributed by atoms with van der Waals surface area (Å²) in [6.07, 6.45) is 5.41. The minimum atomic E-state index is -1.39. The molecule has 0 fully saturated rings. The second-order valence-electron chi connectivity index (χ2n) is 5.00. The Morgan fingerprint density at radius 2 is 2.24 bits per heavy atom. The van der Waals surface area contributed by atoms with Crippen molar-refractivity contribution in [2.75, 3.05) is 7.11 Å². The van der Waals surface area contributed by atoms with Crippen molar-refractivity contribution in [2.45, 2.75) is 43.1 Å². The molecule has 2 heterocycles. The molecule has 0 amide bonds. The number of pyridine rings is 1. The van der Waals surface area contributed by atoms with Gasteiger partial charge in [-0.25, -0.2) is 4.21 Å². The lowest BCUT2D eigenvalue weighted by Crippen LogP contribution is -2.11. The van der Waals surface area contributed by atoms with Gasteiger partial charge in [0, 0.05) is 18.7 Å². The monoisotopic (exact) mass is 307 g/mol. The van der Waals surface area contributed by atoms with Crippen molar-refractivity contribution in [2.24, 2.45) is 0 Å². The van der Waals surface area contributed by atoms with Crippen LogP contribution in [0.4, 0.5) is 0 Å². The van der Waals surface area contributed by atoms with Gasteiger partial charge >= 0.3 is 5.22 Å². The summed E-state index contributed by atoms with van der Waals surface area (Å²) in [6.45, 7) is 1.69. The van der Waals surface area contributed by atoms with Crippen LogP contribution in [-0.2, 0) is 17.2 Å². The van der Waals surface area contributed by atoms with Crippen molar-refractivity contribution in [3.05, 3.63) is 29.4 Å². The smallest absolute Gasteiger partial charge is 0.308 e. The Kier molecular flexibility index (Phi) is 4.01. The number of methoxy groups -OCH3 is 1. The van der Waals surface area contributed by atoms with Crippen LogP contribution in [0.1, 0.15) is 41.7 Å². The largest absolute Gasteiger partial charge is 0.496 e. The Morgan fingerprint density at radius 3 is 2.95 bits per heavy atom. The molecule has 6 nitrogen and oxygen atoms in total. The maximum absolute atomic E-state index is 12.8. The molecule has 0 saturated carbocycles. The highest BCUT2D eigenvalue weighted by Crippen LogP contribution is 2.37. The summed E-state index contributed by atoms with van der Waals surface area (Å²) in [6, 6.07) is 1.85. The first kappa shape index (κ1) is 14.2. The minimum absolute atomic E-state index is 0.176. The van der Waals surface area contributed by atoms with Gasteiger partial charge in [0.1, 0.15) is 16.5 Å². The lowest BCUT2D eigenvalue weighted by molar-refractivity contribution is 0.407. The molecule has 1 aliphatic rings. The summed E-state index contributed by atoms with van der Waals surface area (Å²) in [5, 5.41) is 7.60. The molecule has 0 spiro atoms. The van der Waals surface area contributed by atoms with E-state index < -0.39 is 10.8 Å². The van der Waals surface area contributed by atoms with Crippen molar-refractivity contribution in [1.29, 1.82) is 0 Å². The van der Waals surface area contributed by atoms with Gasteiger partial charge in [-0.15, -0.1) is 5.10 Å². The predicted molar refractivity (Wildman–Crippen MR) is 76.5 cm³/mol. The molecule has 0 aliphatic heterocycles. The van der Waals surface area contributed by atoms with Gasteiger partial charge in [0.05, 0.1) is 18.1 Å². The Balaban J connectivity index is 2.02. The summed E-state index contributed by atoms with van der Waals surface area (Å²) >= 11 is 0. The van der Waals surface area contributed by atoms with Crippen LogP contribution in [0.5, 0.6) is 5.75 Å². The van der Waals surface area contributed by atoms with Crippen molar-refractivity contribution >= 4 is 10.8 Å². The van der Waals surface area contributed by atoms with E-state index in [-0.39, 0.29) is 10.5 Å². The van der Waals surface area contributed by atoms with Crippen LogP contribution in [0, 0.1) is 6.92 Å². The third-order valence-electron chi connectivity index (χ3n) is 3.65. The van der Waals surface area contributed by atoms with Crippen molar-refractivity contribution in [1.82, 2.24) is 15.2 Å². The molecule has 3 rings (SSSR count). The third-order valence-corrected chi connectivity index (χ3v) is 5.14. The first-order valence-electron chi connectivity index (χ1n) is 6.93. The molecular weight excluding hydrogens is 290 g/mol. The molecule has 21 heavy (non-hydrogen) atoms. The fourth-order valence-electron chi connectivity index (χ4n) is 2.67. The van der Waals surface area contributed by atoms with Gasteiger partial charge in [-0.3, -0.25) is 4.98 Å². The van der Waals surface area contributed by atoms with Gasteiger partial charge in [0.2, 0.25) is 5.89 Å². The fraction of sp³-hybridized carbons (Fsp3) is 0.500. The van der Waals surface area contributed by atoms with E-state index >= 15 is 0 Å². The molecule has 0 saturated heterocycles. The number of fused-ring (bicyclic) bond motifs is 1. The van der Waals surface area contributed by atoms with Crippen LogP contribution in [0.15, 0.2) is 21.9 Å². The second kappa shape index (κ2) is 5.93. The van der Waals surface area contributed by atoms with Crippen LogP contribution >= 0.6 is 0 Å². The topological polar surface area (TPSA) is 78.1 Å². The summed E-state index contributed by atoms with van der Waals surface area (Å²) < 4.78 is 23.5. The zero-order valence-corrected chi connectivity index (χ0v) is 12.9. The molecule has 0 N–H and O–H groups in total. The average molecular weight is 307 g/mol. The molecule has 7 heteroatoms. The number of rotatable bonds is 3. The number of ether oxygens (including phenoxy) is 1. The van der Waals surface area contributed by atoms with Crippen molar-refractivity contribution in [3.63, 3.8) is 0 Å². The van der Waals surface area contributed by atoms with Crippen LogP contribution in [0.2, 0.25) is 0 Å². The lowest BCUT2D eigenvalue weighted by atomic mass is 10.1. The Bertz CT molecular complexity index is 671. The maximum Gasteiger partial charge on any atom is 0.308 e. The molecule has 2 atom stereocenters. The van der Waals surface area contributed by atoms with E-state index in [2.05, 4.69) is 15.2 Å². The number of aromatic nitrogens is 3. The summed E-state index contributed by atoms with van der Waals surface area (Å²) in [7, 11) is 0.257. The van der Waals surface area contributed by atoms with Gasteiger partial charge in [-0.05, 0) is 25.3 Å². The van der Waals surface area contributed by atoms with E-state index in [9.17, 15) is 4.21 Å². The molecular formula is C14H17N3O3S. The molecule has 0 radical (unpaired) electrons. The van der Waals surface area contributed by atoms with E-state index in [0.29, 0.717) is 5.89 Å². The van der Waals surface area contributed by atoms with Gasteiger partial charge in [-0.2, -0.15) is 0 Å². The van der Waals surface area contributed by atoms with E-state index in [0.717, 1.165) is 42.7 Å². The van der Waals surface area contributed by atoms with E-state index in [1.54, 1.807) is 20.2 Å². The highest BCUT2D eigenvalue weighted by atomic mass is 32.2. The predicted octanol–water partition coefficient (Wildman–Crippen LogP) is 2.36. The number of aryl methyl sites for hydroxylation is 1. The minimum Gasteiger partial charge on any atom is -0.496 e. The zero-order chi connectivity index (χ0) is 14.8. The normalized spacial score (nSPS) is 19.6. The van der Waals surface area contributed by atoms with Crippen molar-refractivity contribution < 1.29 is 13.4 Å². The van der Waals surface area contributed by atoms with Crippen LogP contribution in [-0.4, -0.2) is 26.5 Å². The molecule has 112 valence electrons. The Labute approximate surface area is 125 Å². The second-order valence-corrected chi connectivity index (χ2v) is 6.51. The summed E-state index contributed by atoms with van der Waals surface area (Å²) in [5.41, 5.74) is 1.88. The fourth-order valence-corrected chi connectivity index (χ4v) is 4.02. The van der Waals surface area contributed by atoms with Gasteiger partial charge < -0.3 is 9.15 Å². The molecule has 0 bridgehead atoms. The zero-order valence-electron chi connectivity index (χ0n) is 12.0. The standard InChI is InChI=1S/C14H17N3O3S/c1-9-16-17-14(20-9)21(18)12-6-4-3-5-10-11(19-2)7-8-15-13(10)12/h7-8,12H,3-6H2,1-2H3. The van der Waals surface area contributed by atoms with E-state index in [1.807, 2.05) is 6.07 Å². The van der Waals surface area contributed by atoms with Crippen LogP contribution in [0.3, 0.4) is 0 Å². The van der Waals surface area contributed by atoms with Crippen molar-refractivity contribution in [3.8, 4) is 5.75 Å².